The Morgan fingerprint density at radius 1 is 1.41 bits per heavy atom. The summed E-state index contributed by atoms with van der Waals surface area (Å²) in [6.45, 7) is 2.69. The highest BCUT2D eigenvalue weighted by molar-refractivity contribution is 5.78. The van der Waals surface area contributed by atoms with E-state index in [1.165, 1.54) is 0 Å². The molecule has 1 fully saturated rings. The summed E-state index contributed by atoms with van der Waals surface area (Å²) < 4.78 is 0. The summed E-state index contributed by atoms with van der Waals surface area (Å²) in [6.07, 6.45) is 2.52. The highest BCUT2D eigenvalue weighted by Crippen LogP contribution is 2.09. The van der Waals surface area contributed by atoms with Gasteiger partial charge in [-0.1, -0.05) is 0 Å². The minimum atomic E-state index is -1.06. The second-order valence-corrected chi connectivity index (χ2v) is 4.48. The van der Waals surface area contributed by atoms with Gasteiger partial charge in [0, 0.05) is 13.0 Å². The van der Waals surface area contributed by atoms with E-state index in [0.717, 1.165) is 25.9 Å². The zero-order valence-electron chi connectivity index (χ0n) is 9.95. The van der Waals surface area contributed by atoms with Crippen LogP contribution < -0.4 is 16.4 Å². The number of hydrogen-bond acceptors (Lipinski definition) is 4. The zero-order valence-corrected chi connectivity index (χ0v) is 9.95. The Balaban J connectivity index is 2.10. The third-order valence-corrected chi connectivity index (χ3v) is 3.05. The Kier molecular flexibility index (Phi) is 5.93. The Morgan fingerprint density at radius 3 is 2.65 bits per heavy atom. The molecular weight excluding hydrogens is 222 g/mol. The molecule has 0 unspecified atom stereocenters. The van der Waals surface area contributed by atoms with Crippen LogP contribution in [0.15, 0.2) is 0 Å². The Hall–Kier alpha value is -1.14. The van der Waals surface area contributed by atoms with Crippen molar-refractivity contribution in [1.29, 1.82) is 0 Å². The van der Waals surface area contributed by atoms with Crippen LogP contribution in [0, 0.1) is 5.92 Å². The fourth-order valence-corrected chi connectivity index (χ4v) is 1.84. The lowest BCUT2D eigenvalue weighted by atomic mass is 9.98. The highest BCUT2D eigenvalue weighted by Gasteiger charge is 2.16. The molecule has 1 aliphatic heterocycles. The SMILES string of the molecule is N[C@@H](CCC(=O)NCC1CCNCC1)C(=O)O. The van der Waals surface area contributed by atoms with Gasteiger partial charge in [0.2, 0.25) is 5.91 Å². The van der Waals surface area contributed by atoms with Gasteiger partial charge in [-0.3, -0.25) is 9.59 Å². The fourth-order valence-electron chi connectivity index (χ4n) is 1.84. The second-order valence-electron chi connectivity index (χ2n) is 4.48. The van der Waals surface area contributed by atoms with E-state index in [4.69, 9.17) is 10.8 Å². The van der Waals surface area contributed by atoms with Crippen LogP contribution in [0.2, 0.25) is 0 Å². The van der Waals surface area contributed by atoms with Crippen molar-refractivity contribution in [2.24, 2.45) is 11.7 Å². The van der Waals surface area contributed by atoms with Gasteiger partial charge in [0.25, 0.3) is 0 Å². The van der Waals surface area contributed by atoms with Gasteiger partial charge in [-0.25, -0.2) is 0 Å². The fraction of sp³-hybridized carbons (Fsp3) is 0.818. The number of aliphatic carboxylic acids is 1. The second kappa shape index (κ2) is 7.24. The van der Waals surface area contributed by atoms with Crippen molar-refractivity contribution in [3.05, 3.63) is 0 Å². The number of carbonyl (C=O) groups is 2. The first-order valence-corrected chi connectivity index (χ1v) is 6.05. The van der Waals surface area contributed by atoms with Crippen molar-refractivity contribution in [2.75, 3.05) is 19.6 Å². The molecule has 1 heterocycles. The molecule has 0 radical (unpaired) electrons. The first-order valence-electron chi connectivity index (χ1n) is 6.05. The number of carboxylic acids is 1. The molecule has 0 saturated carbocycles. The Morgan fingerprint density at radius 2 is 2.06 bits per heavy atom. The molecule has 1 rings (SSSR count). The molecule has 1 atom stereocenters. The van der Waals surface area contributed by atoms with Gasteiger partial charge >= 0.3 is 5.97 Å². The van der Waals surface area contributed by atoms with Gasteiger partial charge in [0.15, 0.2) is 0 Å². The molecule has 17 heavy (non-hydrogen) atoms. The minimum Gasteiger partial charge on any atom is -0.480 e. The van der Waals surface area contributed by atoms with Crippen LogP contribution in [0.3, 0.4) is 0 Å². The smallest absolute Gasteiger partial charge is 0.320 e. The number of piperidine rings is 1. The summed E-state index contributed by atoms with van der Waals surface area (Å²) in [7, 11) is 0. The minimum absolute atomic E-state index is 0.111. The number of carboxylic acid groups (broad SMARTS) is 1. The van der Waals surface area contributed by atoms with Crippen molar-refractivity contribution in [2.45, 2.75) is 31.7 Å². The van der Waals surface area contributed by atoms with Crippen molar-refractivity contribution in [1.82, 2.24) is 10.6 Å². The van der Waals surface area contributed by atoms with Crippen LogP contribution in [-0.2, 0) is 9.59 Å². The van der Waals surface area contributed by atoms with E-state index in [2.05, 4.69) is 10.6 Å². The molecule has 6 heteroatoms. The summed E-state index contributed by atoms with van der Waals surface area (Å²) in [5, 5.41) is 14.7. The van der Waals surface area contributed by atoms with Crippen molar-refractivity contribution in [3.8, 4) is 0 Å². The van der Waals surface area contributed by atoms with E-state index < -0.39 is 12.0 Å². The molecule has 5 N–H and O–H groups in total. The van der Waals surface area contributed by atoms with Crippen molar-refractivity contribution < 1.29 is 14.7 Å². The van der Waals surface area contributed by atoms with E-state index in [1.807, 2.05) is 0 Å². The standard InChI is InChI=1S/C11H21N3O3/c12-9(11(16)17)1-2-10(15)14-7-8-3-5-13-6-4-8/h8-9,13H,1-7,12H2,(H,14,15)(H,16,17)/t9-/m0/s1. The third-order valence-electron chi connectivity index (χ3n) is 3.05. The lowest BCUT2D eigenvalue weighted by Gasteiger charge is -2.22. The van der Waals surface area contributed by atoms with Gasteiger partial charge in [0.05, 0.1) is 0 Å². The average Bonchev–Trinajstić information content (AvgIpc) is 2.34. The molecule has 0 aromatic heterocycles. The van der Waals surface area contributed by atoms with Crippen molar-refractivity contribution >= 4 is 11.9 Å². The molecule has 1 saturated heterocycles. The van der Waals surface area contributed by atoms with Crippen LogP contribution in [0.1, 0.15) is 25.7 Å². The van der Waals surface area contributed by atoms with Crippen LogP contribution in [0.25, 0.3) is 0 Å². The third kappa shape index (κ3) is 5.65. The molecule has 98 valence electrons. The largest absolute Gasteiger partial charge is 0.480 e. The predicted octanol–water partition coefficient (Wildman–Crippen LogP) is -0.706. The number of nitrogens with two attached hydrogens (primary N) is 1. The molecule has 0 aliphatic carbocycles. The number of carbonyl (C=O) groups excluding carboxylic acids is 1. The Bertz CT molecular complexity index is 265. The van der Waals surface area contributed by atoms with E-state index in [1.54, 1.807) is 0 Å². The summed E-state index contributed by atoms with van der Waals surface area (Å²) >= 11 is 0. The average molecular weight is 243 g/mol. The Labute approximate surface area is 101 Å². The van der Waals surface area contributed by atoms with E-state index in [-0.39, 0.29) is 18.7 Å². The molecule has 0 aromatic rings. The summed E-state index contributed by atoms with van der Waals surface area (Å²) in [5.74, 6) is -0.635. The molecule has 1 aliphatic rings. The van der Waals surface area contributed by atoms with E-state index >= 15 is 0 Å². The normalized spacial score (nSPS) is 18.6. The summed E-state index contributed by atoms with van der Waals surface area (Å²) in [5.41, 5.74) is 5.32. The van der Waals surface area contributed by atoms with Gasteiger partial charge < -0.3 is 21.5 Å². The lowest BCUT2D eigenvalue weighted by molar-refractivity contribution is -0.138. The quantitative estimate of drug-likeness (QED) is 0.493. The molecule has 0 aromatic carbocycles. The summed E-state index contributed by atoms with van der Waals surface area (Å²) in [6, 6.07) is -0.945. The molecule has 0 bridgehead atoms. The van der Waals surface area contributed by atoms with Gasteiger partial charge in [0.1, 0.15) is 6.04 Å². The predicted molar refractivity (Wildman–Crippen MR) is 63.4 cm³/mol. The van der Waals surface area contributed by atoms with Crippen molar-refractivity contribution in [3.63, 3.8) is 0 Å². The molecule has 0 spiro atoms. The van der Waals surface area contributed by atoms with Crippen LogP contribution in [0.4, 0.5) is 0 Å². The molecular formula is C11H21N3O3. The number of amides is 1. The monoisotopic (exact) mass is 243 g/mol. The van der Waals surface area contributed by atoms with Gasteiger partial charge in [-0.05, 0) is 38.3 Å². The maximum absolute atomic E-state index is 11.4. The van der Waals surface area contributed by atoms with Crippen LogP contribution >= 0.6 is 0 Å². The number of hydrogen-bond donors (Lipinski definition) is 4. The first kappa shape index (κ1) is 13.9. The molecule has 6 nitrogen and oxygen atoms in total. The maximum Gasteiger partial charge on any atom is 0.320 e. The zero-order chi connectivity index (χ0) is 12.7. The number of nitrogens with one attached hydrogen (secondary N) is 2. The summed E-state index contributed by atoms with van der Waals surface area (Å²) in [4.78, 5) is 21.9. The van der Waals surface area contributed by atoms with Gasteiger partial charge in [-0.15, -0.1) is 0 Å². The molecule has 1 amide bonds. The highest BCUT2D eigenvalue weighted by atomic mass is 16.4. The first-order chi connectivity index (χ1) is 8.09. The van der Waals surface area contributed by atoms with Gasteiger partial charge in [-0.2, -0.15) is 0 Å². The topological polar surface area (TPSA) is 104 Å². The maximum atomic E-state index is 11.4. The lowest BCUT2D eigenvalue weighted by Crippen LogP contribution is -2.37. The van der Waals surface area contributed by atoms with Crippen LogP contribution in [-0.4, -0.2) is 42.7 Å². The van der Waals surface area contributed by atoms with Crippen LogP contribution in [0.5, 0.6) is 0 Å². The van der Waals surface area contributed by atoms with E-state index in [9.17, 15) is 9.59 Å². The number of rotatable bonds is 6. The van der Waals surface area contributed by atoms with E-state index in [0.29, 0.717) is 12.5 Å².